The van der Waals surface area contributed by atoms with Crippen LogP contribution in [-0.4, -0.2) is 39.0 Å². The van der Waals surface area contributed by atoms with Crippen molar-refractivity contribution in [3.8, 4) is 0 Å². The zero-order chi connectivity index (χ0) is 19.6. The van der Waals surface area contributed by atoms with E-state index in [9.17, 15) is 9.59 Å². The minimum atomic E-state index is -0.313. The number of anilines is 3. The van der Waals surface area contributed by atoms with Gasteiger partial charge in [-0.05, 0) is 55.8 Å². The molecule has 0 N–H and O–H groups in total. The first-order valence-corrected chi connectivity index (χ1v) is 9.36. The van der Waals surface area contributed by atoms with Gasteiger partial charge in [0.25, 0.3) is 0 Å². The van der Waals surface area contributed by atoms with Crippen molar-refractivity contribution in [3.63, 3.8) is 0 Å². The standard InChI is InChI=1S/C22H27N3O2/c1-5-24(20-8-6-7-16(2)13-20)22(27)17-14-21(26)25(15-17)19-11-9-18(10-12-19)23(3)4/h6-13,17H,5,14-15H2,1-4H3. The van der Waals surface area contributed by atoms with Gasteiger partial charge in [-0.3, -0.25) is 9.59 Å². The SMILES string of the molecule is CCN(C(=O)C1CC(=O)N(c2ccc(N(C)C)cc2)C1)c1cccc(C)c1. The number of hydrogen-bond donors (Lipinski definition) is 0. The molecule has 1 aliphatic rings. The summed E-state index contributed by atoms with van der Waals surface area (Å²) in [6.07, 6.45) is 0.260. The Bertz CT molecular complexity index is 830. The van der Waals surface area contributed by atoms with Crippen molar-refractivity contribution < 1.29 is 9.59 Å². The Morgan fingerprint density at radius 1 is 1.11 bits per heavy atom. The van der Waals surface area contributed by atoms with Gasteiger partial charge in [0.2, 0.25) is 11.8 Å². The largest absolute Gasteiger partial charge is 0.378 e. The second-order valence-electron chi connectivity index (χ2n) is 7.24. The molecule has 1 saturated heterocycles. The van der Waals surface area contributed by atoms with Crippen molar-refractivity contribution in [3.05, 3.63) is 54.1 Å². The first-order valence-electron chi connectivity index (χ1n) is 9.36. The third-order valence-corrected chi connectivity index (χ3v) is 5.05. The molecule has 0 aliphatic carbocycles. The van der Waals surface area contributed by atoms with Gasteiger partial charge in [0, 0.05) is 50.7 Å². The second kappa shape index (κ2) is 7.82. The van der Waals surface area contributed by atoms with Gasteiger partial charge in [0.05, 0.1) is 5.92 Å². The lowest BCUT2D eigenvalue weighted by molar-refractivity contribution is -0.124. The molecule has 1 unspecified atom stereocenters. The number of nitrogens with zero attached hydrogens (tertiary/aromatic N) is 3. The van der Waals surface area contributed by atoms with Gasteiger partial charge in [0.1, 0.15) is 0 Å². The van der Waals surface area contributed by atoms with Crippen molar-refractivity contribution in [2.24, 2.45) is 5.92 Å². The maximum atomic E-state index is 13.1. The van der Waals surface area contributed by atoms with Crippen LogP contribution in [0.15, 0.2) is 48.5 Å². The zero-order valence-electron chi connectivity index (χ0n) is 16.5. The number of aryl methyl sites for hydroxylation is 1. The topological polar surface area (TPSA) is 43.9 Å². The molecule has 27 heavy (non-hydrogen) atoms. The summed E-state index contributed by atoms with van der Waals surface area (Å²) in [5, 5.41) is 0. The van der Waals surface area contributed by atoms with E-state index in [1.807, 2.05) is 81.4 Å². The van der Waals surface area contributed by atoms with Crippen LogP contribution in [0, 0.1) is 12.8 Å². The maximum absolute atomic E-state index is 13.1. The average molecular weight is 365 g/mol. The van der Waals surface area contributed by atoms with Crippen LogP contribution in [0.2, 0.25) is 0 Å². The molecule has 5 heteroatoms. The van der Waals surface area contributed by atoms with E-state index in [1.54, 1.807) is 9.80 Å². The van der Waals surface area contributed by atoms with Gasteiger partial charge in [-0.15, -0.1) is 0 Å². The Labute approximate surface area is 161 Å². The van der Waals surface area contributed by atoms with Crippen LogP contribution in [0.5, 0.6) is 0 Å². The minimum Gasteiger partial charge on any atom is -0.378 e. The molecule has 0 aromatic heterocycles. The number of hydrogen-bond acceptors (Lipinski definition) is 3. The van der Waals surface area contributed by atoms with Gasteiger partial charge < -0.3 is 14.7 Å². The van der Waals surface area contributed by atoms with E-state index in [2.05, 4.69) is 0 Å². The summed E-state index contributed by atoms with van der Waals surface area (Å²) < 4.78 is 0. The van der Waals surface area contributed by atoms with Crippen LogP contribution in [0.1, 0.15) is 18.9 Å². The lowest BCUT2D eigenvalue weighted by Gasteiger charge is -2.25. The van der Waals surface area contributed by atoms with Crippen molar-refractivity contribution >= 4 is 28.9 Å². The second-order valence-corrected chi connectivity index (χ2v) is 7.24. The van der Waals surface area contributed by atoms with Crippen LogP contribution in [0.3, 0.4) is 0 Å². The number of carbonyl (C=O) groups is 2. The Morgan fingerprint density at radius 2 is 1.81 bits per heavy atom. The highest BCUT2D eigenvalue weighted by Gasteiger charge is 2.37. The number of carbonyl (C=O) groups excluding carboxylic acids is 2. The summed E-state index contributed by atoms with van der Waals surface area (Å²) in [5.74, 6) is -0.290. The summed E-state index contributed by atoms with van der Waals surface area (Å²) in [4.78, 5) is 31.2. The molecule has 5 nitrogen and oxygen atoms in total. The van der Waals surface area contributed by atoms with Crippen molar-refractivity contribution in [2.75, 3.05) is 41.9 Å². The Kier molecular flexibility index (Phi) is 5.49. The van der Waals surface area contributed by atoms with Crippen LogP contribution >= 0.6 is 0 Å². The van der Waals surface area contributed by atoms with Gasteiger partial charge in [-0.25, -0.2) is 0 Å². The molecule has 142 valence electrons. The van der Waals surface area contributed by atoms with E-state index >= 15 is 0 Å². The fourth-order valence-electron chi connectivity index (χ4n) is 3.54. The van der Waals surface area contributed by atoms with E-state index < -0.39 is 0 Å². The highest BCUT2D eigenvalue weighted by Crippen LogP contribution is 2.29. The fraction of sp³-hybridized carbons (Fsp3) is 0.364. The molecule has 0 radical (unpaired) electrons. The van der Waals surface area contributed by atoms with Crippen molar-refractivity contribution in [1.82, 2.24) is 0 Å². The van der Waals surface area contributed by atoms with E-state index in [1.165, 1.54) is 0 Å². The molecule has 1 aliphatic heterocycles. The van der Waals surface area contributed by atoms with Crippen molar-refractivity contribution in [2.45, 2.75) is 20.3 Å². The third kappa shape index (κ3) is 3.97. The summed E-state index contributed by atoms with van der Waals surface area (Å²) in [6, 6.07) is 15.8. The summed E-state index contributed by atoms with van der Waals surface area (Å²) in [6.45, 7) is 5.00. The Morgan fingerprint density at radius 3 is 2.41 bits per heavy atom. The number of benzene rings is 2. The van der Waals surface area contributed by atoms with E-state index in [-0.39, 0.29) is 24.2 Å². The highest BCUT2D eigenvalue weighted by molar-refractivity contribution is 6.04. The van der Waals surface area contributed by atoms with Crippen LogP contribution < -0.4 is 14.7 Å². The maximum Gasteiger partial charge on any atom is 0.232 e. The zero-order valence-corrected chi connectivity index (χ0v) is 16.5. The lowest BCUT2D eigenvalue weighted by atomic mass is 10.1. The predicted octanol–water partition coefficient (Wildman–Crippen LogP) is 3.47. The number of rotatable bonds is 5. The van der Waals surface area contributed by atoms with E-state index in [0.29, 0.717) is 13.1 Å². The molecule has 1 heterocycles. The first-order chi connectivity index (χ1) is 12.9. The molecule has 2 aromatic carbocycles. The fourth-order valence-corrected chi connectivity index (χ4v) is 3.54. The third-order valence-electron chi connectivity index (χ3n) is 5.05. The summed E-state index contributed by atoms with van der Waals surface area (Å²) in [7, 11) is 3.96. The smallest absolute Gasteiger partial charge is 0.232 e. The molecule has 0 saturated carbocycles. The molecular formula is C22H27N3O2. The van der Waals surface area contributed by atoms with Gasteiger partial charge in [-0.2, -0.15) is 0 Å². The van der Waals surface area contributed by atoms with E-state index in [0.717, 1.165) is 22.6 Å². The Hall–Kier alpha value is -2.82. The molecule has 2 amide bonds. The van der Waals surface area contributed by atoms with Crippen molar-refractivity contribution in [1.29, 1.82) is 0 Å². The minimum absolute atomic E-state index is 0.00579. The summed E-state index contributed by atoms with van der Waals surface area (Å²) in [5.41, 5.74) is 3.93. The normalized spacial score (nSPS) is 16.5. The lowest BCUT2D eigenvalue weighted by Crippen LogP contribution is -2.37. The van der Waals surface area contributed by atoms with Gasteiger partial charge in [-0.1, -0.05) is 12.1 Å². The molecule has 1 fully saturated rings. The van der Waals surface area contributed by atoms with Crippen LogP contribution in [0.4, 0.5) is 17.1 Å². The molecule has 2 aromatic rings. The molecule has 0 spiro atoms. The van der Waals surface area contributed by atoms with E-state index in [4.69, 9.17) is 0 Å². The Balaban J connectivity index is 1.76. The highest BCUT2D eigenvalue weighted by atomic mass is 16.2. The molecule has 1 atom stereocenters. The molecular weight excluding hydrogens is 338 g/mol. The number of amides is 2. The van der Waals surface area contributed by atoms with Gasteiger partial charge >= 0.3 is 0 Å². The average Bonchev–Trinajstić information content (AvgIpc) is 3.04. The first kappa shape index (κ1) is 19.0. The monoisotopic (exact) mass is 365 g/mol. The molecule has 0 bridgehead atoms. The molecule has 3 rings (SSSR count). The predicted molar refractivity (Wildman–Crippen MR) is 110 cm³/mol. The quantitative estimate of drug-likeness (QED) is 0.815. The van der Waals surface area contributed by atoms with Crippen LogP contribution in [0.25, 0.3) is 0 Å². The summed E-state index contributed by atoms with van der Waals surface area (Å²) >= 11 is 0. The van der Waals surface area contributed by atoms with Crippen LogP contribution in [-0.2, 0) is 9.59 Å². The van der Waals surface area contributed by atoms with Gasteiger partial charge in [0.15, 0.2) is 0 Å².